The molecule has 2 N–H and O–H groups in total. The summed E-state index contributed by atoms with van der Waals surface area (Å²) >= 11 is 0. The van der Waals surface area contributed by atoms with Gasteiger partial charge in [-0.3, -0.25) is 9.11 Å². The zero-order valence-electron chi connectivity index (χ0n) is 11.8. The Morgan fingerprint density at radius 2 is 0.950 bits per heavy atom. The van der Waals surface area contributed by atoms with E-state index in [1.165, 1.54) is 0 Å². The van der Waals surface area contributed by atoms with Crippen LogP contribution in [0.25, 0.3) is 0 Å². The molecular formula is C8H18Na2O6S4. The summed E-state index contributed by atoms with van der Waals surface area (Å²) < 4.78 is 58.5. The Labute approximate surface area is 173 Å². The second-order valence-corrected chi connectivity index (χ2v) is 9.48. The molecule has 0 atom stereocenters. The van der Waals surface area contributed by atoms with E-state index >= 15 is 0 Å². The maximum atomic E-state index is 10.4. The average molecular weight is 384 g/mol. The van der Waals surface area contributed by atoms with Crippen molar-refractivity contribution in [3.05, 3.63) is 0 Å². The van der Waals surface area contributed by atoms with Crippen molar-refractivity contribution >= 4 is 101 Å². The van der Waals surface area contributed by atoms with E-state index in [1.807, 2.05) is 0 Å². The molecule has 20 heavy (non-hydrogen) atoms. The standard InChI is InChI=1S/C8H18O6S4.2Na/c9-17(10,11)7-3-1-5-15-16-6-2-4-8-18(12,13)14;;/h1-8H2,(H,9,10,11)(H,12,13,14);;. The maximum Gasteiger partial charge on any atom is 0.264 e. The van der Waals surface area contributed by atoms with E-state index in [-0.39, 0.29) is 70.6 Å². The molecule has 0 aromatic carbocycles. The van der Waals surface area contributed by atoms with Gasteiger partial charge in [-0.25, -0.2) is 0 Å². The van der Waals surface area contributed by atoms with Gasteiger partial charge in [0.05, 0.1) is 11.5 Å². The van der Waals surface area contributed by atoms with Crippen molar-refractivity contribution in [3.63, 3.8) is 0 Å². The van der Waals surface area contributed by atoms with Crippen molar-refractivity contribution in [1.29, 1.82) is 0 Å². The van der Waals surface area contributed by atoms with E-state index in [2.05, 4.69) is 0 Å². The van der Waals surface area contributed by atoms with Gasteiger partial charge in [0.15, 0.2) is 0 Å². The van der Waals surface area contributed by atoms with E-state index in [9.17, 15) is 16.8 Å². The molecule has 0 spiro atoms. The Kier molecular flexibility index (Phi) is 20.6. The maximum absolute atomic E-state index is 10.4. The first-order chi connectivity index (χ1) is 8.21. The molecule has 0 saturated carbocycles. The smallest absolute Gasteiger partial charge is 0.264 e. The molecule has 0 heterocycles. The van der Waals surface area contributed by atoms with Gasteiger partial charge < -0.3 is 0 Å². The molecule has 0 aliphatic rings. The third kappa shape index (κ3) is 25.5. The topological polar surface area (TPSA) is 109 Å². The van der Waals surface area contributed by atoms with Gasteiger partial charge in [0.25, 0.3) is 20.2 Å². The van der Waals surface area contributed by atoms with Crippen LogP contribution < -0.4 is 0 Å². The fraction of sp³-hybridized carbons (Fsp3) is 1.00. The number of rotatable bonds is 11. The van der Waals surface area contributed by atoms with Crippen LogP contribution in [0.15, 0.2) is 0 Å². The van der Waals surface area contributed by atoms with Crippen molar-refractivity contribution in [1.82, 2.24) is 0 Å². The molecule has 0 rings (SSSR count). The van der Waals surface area contributed by atoms with Crippen LogP contribution in [-0.4, -0.2) is 108 Å². The van der Waals surface area contributed by atoms with Crippen LogP contribution in [0.3, 0.4) is 0 Å². The molecule has 6 nitrogen and oxygen atoms in total. The fourth-order valence-corrected chi connectivity index (χ4v) is 4.44. The van der Waals surface area contributed by atoms with Crippen molar-refractivity contribution in [2.45, 2.75) is 25.7 Å². The Hall–Kier alpha value is 2.52. The minimum Gasteiger partial charge on any atom is -0.286 e. The van der Waals surface area contributed by atoms with E-state index in [4.69, 9.17) is 9.11 Å². The van der Waals surface area contributed by atoms with Crippen LogP contribution in [-0.2, 0) is 20.2 Å². The average Bonchev–Trinajstić information content (AvgIpc) is 2.17. The van der Waals surface area contributed by atoms with Crippen molar-refractivity contribution in [2.75, 3.05) is 23.0 Å². The van der Waals surface area contributed by atoms with Crippen LogP contribution in [0.5, 0.6) is 0 Å². The molecule has 12 heteroatoms. The van der Waals surface area contributed by atoms with Gasteiger partial charge in [0.1, 0.15) is 0 Å². The molecule has 0 aliphatic carbocycles. The van der Waals surface area contributed by atoms with Gasteiger partial charge in [-0.1, -0.05) is 21.6 Å². The molecule has 112 valence electrons. The molecule has 0 aliphatic heterocycles. The first-order valence-corrected chi connectivity index (χ1v) is 11.1. The van der Waals surface area contributed by atoms with Crippen LogP contribution >= 0.6 is 21.6 Å². The number of hydrogen-bond donors (Lipinski definition) is 2. The normalized spacial score (nSPS) is 11.5. The third-order valence-corrected chi connectivity index (χ3v) is 6.03. The van der Waals surface area contributed by atoms with Gasteiger partial charge in [-0.2, -0.15) is 16.8 Å². The molecule has 0 aromatic heterocycles. The minimum atomic E-state index is -3.84. The third-order valence-electron chi connectivity index (χ3n) is 1.84. The van der Waals surface area contributed by atoms with E-state index in [0.29, 0.717) is 25.7 Å². The predicted octanol–water partition coefficient (Wildman–Crippen LogP) is 0.942. The molecular weight excluding hydrogens is 366 g/mol. The molecule has 0 unspecified atom stereocenters. The monoisotopic (exact) mass is 384 g/mol. The van der Waals surface area contributed by atoms with Gasteiger partial charge in [-0.05, 0) is 25.7 Å². The molecule has 0 aromatic rings. The first kappa shape index (κ1) is 27.4. The van der Waals surface area contributed by atoms with E-state index in [0.717, 1.165) is 11.5 Å². The number of hydrogen-bond acceptors (Lipinski definition) is 6. The summed E-state index contributed by atoms with van der Waals surface area (Å²) in [7, 11) is -4.50. The van der Waals surface area contributed by atoms with Gasteiger partial charge in [0.2, 0.25) is 0 Å². The second-order valence-electron chi connectivity index (χ2n) is 3.63. The molecule has 2 radical (unpaired) electrons. The van der Waals surface area contributed by atoms with Crippen LogP contribution in [0.2, 0.25) is 0 Å². The van der Waals surface area contributed by atoms with Crippen LogP contribution in [0, 0.1) is 0 Å². The Morgan fingerprint density at radius 3 is 1.20 bits per heavy atom. The number of unbranched alkanes of at least 4 members (excludes halogenated alkanes) is 2. The van der Waals surface area contributed by atoms with Gasteiger partial charge in [0, 0.05) is 70.6 Å². The molecule has 0 saturated heterocycles. The van der Waals surface area contributed by atoms with Crippen molar-refractivity contribution in [3.8, 4) is 0 Å². The Morgan fingerprint density at radius 1 is 0.650 bits per heavy atom. The summed E-state index contributed by atoms with van der Waals surface area (Å²) in [4.78, 5) is 0. The minimum absolute atomic E-state index is 0. The van der Waals surface area contributed by atoms with E-state index in [1.54, 1.807) is 21.6 Å². The van der Waals surface area contributed by atoms with E-state index < -0.39 is 20.2 Å². The fourth-order valence-electron chi connectivity index (χ4n) is 1.01. The molecule has 0 amide bonds. The molecule has 0 fully saturated rings. The van der Waals surface area contributed by atoms with Crippen LogP contribution in [0.4, 0.5) is 0 Å². The SMILES string of the molecule is O=S(=O)(O)CCCCSSCCCCS(=O)(=O)O.[Na].[Na]. The summed E-state index contributed by atoms with van der Waals surface area (Å²) in [5.41, 5.74) is 0. The molecule has 0 bridgehead atoms. The van der Waals surface area contributed by atoms with Gasteiger partial charge >= 0.3 is 0 Å². The first-order valence-electron chi connectivity index (χ1n) is 5.35. The summed E-state index contributed by atoms with van der Waals surface area (Å²) in [6, 6.07) is 0. The van der Waals surface area contributed by atoms with Gasteiger partial charge in [-0.15, -0.1) is 0 Å². The Balaban J connectivity index is -0.00000144. The predicted molar refractivity (Wildman–Crippen MR) is 87.7 cm³/mol. The quantitative estimate of drug-likeness (QED) is 0.234. The summed E-state index contributed by atoms with van der Waals surface area (Å²) in [5.74, 6) is 1.18. The summed E-state index contributed by atoms with van der Waals surface area (Å²) in [5, 5.41) is 0. The zero-order valence-corrected chi connectivity index (χ0v) is 19.1. The Bertz CT molecular complexity index is 371. The van der Waals surface area contributed by atoms with Crippen molar-refractivity contribution < 1.29 is 25.9 Å². The van der Waals surface area contributed by atoms with Crippen LogP contribution in [0.1, 0.15) is 25.7 Å². The zero-order chi connectivity index (χ0) is 14.1. The second kappa shape index (κ2) is 15.1. The summed E-state index contributed by atoms with van der Waals surface area (Å²) in [6.07, 6.45) is 2.30. The van der Waals surface area contributed by atoms with Crippen molar-refractivity contribution in [2.24, 2.45) is 0 Å². The largest absolute Gasteiger partial charge is 0.286 e. The summed E-state index contributed by atoms with van der Waals surface area (Å²) in [6.45, 7) is 0.